The Hall–Kier alpha value is -2.02. The summed E-state index contributed by atoms with van der Waals surface area (Å²) in [5, 5.41) is 8.99. The quantitative estimate of drug-likeness (QED) is 0.271. The van der Waals surface area contributed by atoms with Gasteiger partial charge in [-0.3, -0.25) is 0 Å². The average molecular weight is 455 g/mol. The molecular weight excluding hydrogens is 416 g/mol. The van der Waals surface area contributed by atoms with E-state index in [1.165, 1.54) is 5.56 Å². The van der Waals surface area contributed by atoms with E-state index < -0.39 is 5.79 Å². The Morgan fingerprint density at radius 1 is 0.879 bits per heavy atom. The summed E-state index contributed by atoms with van der Waals surface area (Å²) in [5.74, 6) is -0.615. The van der Waals surface area contributed by atoms with Gasteiger partial charge in [0.2, 0.25) is 0 Å². The fraction of sp³-hybridized carbons (Fsp3) is 0.500. The first-order chi connectivity index (χ1) is 16.3. The van der Waals surface area contributed by atoms with Crippen molar-refractivity contribution in [3.63, 3.8) is 0 Å². The van der Waals surface area contributed by atoms with Gasteiger partial charge in [0.05, 0.1) is 32.5 Å². The van der Waals surface area contributed by atoms with Crippen LogP contribution in [0.4, 0.5) is 0 Å². The molecule has 33 heavy (non-hydrogen) atoms. The maximum Gasteiger partial charge on any atom is 0.171 e. The van der Waals surface area contributed by atoms with Crippen molar-refractivity contribution in [2.45, 2.75) is 63.6 Å². The van der Waals surface area contributed by atoms with Gasteiger partial charge in [-0.1, -0.05) is 72.8 Å². The molecule has 1 aliphatic heterocycles. The van der Waals surface area contributed by atoms with Crippen LogP contribution in [0.25, 0.3) is 0 Å². The van der Waals surface area contributed by atoms with E-state index in [0.29, 0.717) is 39.5 Å². The minimum Gasteiger partial charge on any atom is -0.396 e. The van der Waals surface area contributed by atoms with Gasteiger partial charge in [-0.05, 0) is 36.8 Å². The number of hydrogen-bond donors (Lipinski definition) is 1. The van der Waals surface area contributed by atoms with E-state index >= 15 is 0 Å². The zero-order valence-corrected chi connectivity index (χ0v) is 19.6. The molecule has 1 fully saturated rings. The van der Waals surface area contributed by atoms with Crippen LogP contribution in [0, 0.1) is 0 Å². The fourth-order valence-electron chi connectivity index (χ4n) is 3.99. The van der Waals surface area contributed by atoms with E-state index in [-0.39, 0.29) is 12.7 Å². The highest BCUT2D eigenvalue weighted by Gasteiger charge is 2.38. The smallest absolute Gasteiger partial charge is 0.171 e. The monoisotopic (exact) mass is 454 g/mol. The lowest BCUT2D eigenvalue weighted by Crippen LogP contribution is -2.36. The molecule has 0 saturated carbocycles. The molecule has 0 aromatic heterocycles. The number of unbranched alkanes of at least 4 members (excludes halogenated alkanes) is 1. The van der Waals surface area contributed by atoms with E-state index in [2.05, 4.69) is 36.4 Å². The number of ether oxygens (including phenoxy) is 4. The Morgan fingerprint density at radius 3 is 2.21 bits per heavy atom. The Kier molecular flexibility index (Phi) is 11.6. The molecule has 5 nitrogen and oxygen atoms in total. The Labute approximate surface area is 198 Å². The lowest BCUT2D eigenvalue weighted by Gasteiger charge is -2.31. The van der Waals surface area contributed by atoms with Gasteiger partial charge in [0.15, 0.2) is 5.79 Å². The Bertz CT molecular complexity index is 771. The van der Waals surface area contributed by atoms with Gasteiger partial charge in [0.1, 0.15) is 0 Å². The number of aliphatic hydroxyl groups excluding tert-OH is 1. The molecule has 180 valence electrons. The second kappa shape index (κ2) is 15.0. The SMILES string of the molecule is OCCC/C=C/C[C@@H](CC1(CCCOCc2ccccc2)OCCO1)OCc1ccccc1. The minimum atomic E-state index is -0.615. The highest BCUT2D eigenvalue weighted by atomic mass is 16.7. The van der Waals surface area contributed by atoms with Crippen LogP contribution < -0.4 is 0 Å². The molecule has 0 bridgehead atoms. The van der Waals surface area contributed by atoms with Crippen molar-refractivity contribution < 1.29 is 24.1 Å². The first-order valence-corrected chi connectivity index (χ1v) is 12.1. The maximum atomic E-state index is 8.99. The predicted octanol–water partition coefficient (Wildman–Crippen LogP) is 5.42. The van der Waals surface area contributed by atoms with Crippen LogP contribution in [0.5, 0.6) is 0 Å². The molecule has 2 aromatic carbocycles. The summed E-state index contributed by atoms with van der Waals surface area (Å²) in [6.07, 6.45) is 9.03. The molecule has 1 atom stereocenters. The standard InChI is InChI=1S/C28H38O5/c29-18-10-2-1-9-16-27(31-24-26-14-7-4-8-15-26)22-28(32-20-21-33-28)17-11-19-30-23-25-12-5-3-6-13-25/h1,3-9,12-15,27,29H,2,10-11,16-24H2/b9-1+/t27-/m0/s1. The number of aliphatic hydroxyl groups is 1. The van der Waals surface area contributed by atoms with Gasteiger partial charge in [-0.2, -0.15) is 0 Å². The summed E-state index contributed by atoms with van der Waals surface area (Å²) in [6, 6.07) is 20.5. The summed E-state index contributed by atoms with van der Waals surface area (Å²) < 4.78 is 24.4. The van der Waals surface area contributed by atoms with Crippen molar-refractivity contribution in [1.82, 2.24) is 0 Å². The van der Waals surface area contributed by atoms with Crippen LogP contribution in [0.3, 0.4) is 0 Å². The first kappa shape index (κ1) is 25.6. The molecule has 0 spiro atoms. The molecule has 1 saturated heterocycles. The molecule has 5 heteroatoms. The largest absolute Gasteiger partial charge is 0.396 e. The van der Waals surface area contributed by atoms with Gasteiger partial charge in [-0.15, -0.1) is 0 Å². The van der Waals surface area contributed by atoms with Crippen molar-refractivity contribution >= 4 is 0 Å². The van der Waals surface area contributed by atoms with Crippen molar-refractivity contribution in [2.24, 2.45) is 0 Å². The molecule has 0 aliphatic carbocycles. The van der Waals surface area contributed by atoms with E-state index in [4.69, 9.17) is 24.1 Å². The summed E-state index contributed by atoms with van der Waals surface area (Å²) in [6.45, 7) is 3.30. The van der Waals surface area contributed by atoms with E-state index in [9.17, 15) is 0 Å². The summed E-state index contributed by atoms with van der Waals surface area (Å²) >= 11 is 0. The van der Waals surface area contributed by atoms with Crippen molar-refractivity contribution in [2.75, 3.05) is 26.4 Å². The van der Waals surface area contributed by atoms with Crippen LogP contribution in [-0.2, 0) is 32.2 Å². The Balaban J connectivity index is 1.50. The zero-order valence-electron chi connectivity index (χ0n) is 19.6. The van der Waals surface area contributed by atoms with Crippen LogP contribution in [0.15, 0.2) is 72.8 Å². The zero-order chi connectivity index (χ0) is 23.0. The molecule has 0 amide bonds. The number of allylic oxidation sites excluding steroid dienone is 1. The third-order valence-electron chi connectivity index (χ3n) is 5.73. The van der Waals surface area contributed by atoms with Gasteiger partial charge < -0.3 is 24.1 Å². The van der Waals surface area contributed by atoms with Gasteiger partial charge in [-0.25, -0.2) is 0 Å². The third kappa shape index (κ3) is 9.78. The van der Waals surface area contributed by atoms with Crippen LogP contribution in [-0.4, -0.2) is 43.4 Å². The summed E-state index contributed by atoms with van der Waals surface area (Å²) in [7, 11) is 0. The average Bonchev–Trinajstić information content (AvgIpc) is 3.32. The molecule has 1 N–H and O–H groups in total. The lowest BCUT2D eigenvalue weighted by atomic mass is 10.00. The molecule has 1 aliphatic rings. The fourth-order valence-corrected chi connectivity index (χ4v) is 3.99. The second-order valence-electron chi connectivity index (χ2n) is 8.45. The van der Waals surface area contributed by atoms with Gasteiger partial charge in [0, 0.05) is 26.1 Å². The van der Waals surface area contributed by atoms with Gasteiger partial charge >= 0.3 is 0 Å². The molecule has 3 rings (SSSR count). The molecule has 1 heterocycles. The molecule has 0 unspecified atom stereocenters. The second-order valence-corrected chi connectivity index (χ2v) is 8.45. The number of hydrogen-bond acceptors (Lipinski definition) is 5. The van der Waals surface area contributed by atoms with E-state index in [1.807, 2.05) is 36.4 Å². The van der Waals surface area contributed by atoms with E-state index in [0.717, 1.165) is 37.7 Å². The molecule has 0 radical (unpaired) electrons. The Morgan fingerprint density at radius 2 is 1.55 bits per heavy atom. The summed E-state index contributed by atoms with van der Waals surface area (Å²) in [4.78, 5) is 0. The van der Waals surface area contributed by atoms with Crippen molar-refractivity contribution in [3.8, 4) is 0 Å². The maximum absolute atomic E-state index is 8.99. The predicted molar refractivity (Wildman–Crippen MR) is 130 cm³/mol. The number of rotatable bonds is 16. The molecule has 2 aromatic rings. The molecular formula is C28H38O5. The normalized spacial score (nSPS) is 16.4. The van der Waals surface area contributed by atoms with Crippen LogP contribution >= 0.6 is 0 Å². The van der Waals surface area contributed by atoms with Crippen LogP contribution in [0.1, 0.15) is 49.7 Å². The summed E-state index contributed by atoms with van der Waals surface area (Å²) in [5.41, 5.74) is 2.34. The van der Waals surface area contributed by atoms with Crippen LogP contribution in [0.2, 0.25) is 0 Å². The highest BCUT2D eigenvalue weighted by molar-refractivity contribution is 5.14. The van der Waals surface area contributed by atoms with Crippen molar-refractivity contribution in [1.29, 1.82) is 0 Å². The van der Waals surface area contributed by atoms with E-state index in [1.54, 1.807) is 0 Å². The highest BCUT2D eigenvalue weighted by Crippen LogP contribution is 2.32. The third-order valence-corrected chi connectivity index (χ3v) is 5.73. The first-order valence-electron chi connectivity index (χ1n) is 12.1. The topological polar surface area (TPSA) is 57.2 Å². The van der Waals surface area contributed by atoms with Gasteiger partial charge in [0.25, 0.3) is 0 Å². The number of benzene rings is 2. The minimum absolute atomic E-state index is 0.0149. The van der Waals surface area contributed by atoms with Crippen molar-refractivity contribution in [3.05, 3.63) is 83.9 Å². The lowest BCUT2D eigenvalue weighted by molar-refractivity contribution is -0.189.